The smallest absolute Gasteiger partial charge is 0.313 e. The number of carbonyl (C=O) groups excluding carboxylic acids is 2. The second-order valence-electron chi connectivity index (χ2n) is 6.18. The number of aryl methyl sites for hydroxylation is 1. The highest BCUT2D eigenvalue weighted by Crippen LogP contribution is 2.11. The van der Waals surface area contributed by atoms with E-state index >= 15 is 0 Å². The third-order valence-corrected chi connectivity index (χ3v) is 2.83. The predicted octanol–water partition coefficient (Wildman–Crippen LogP) is 2.67. The normalized spacial score (nSPS) is 12.8. The maximum absolute atomic E-state index is 11.7. The van der Waals surface area contributed by atoms with Crippen molar-refractivity contribution in [2.75, 3.05) is 0 Å². The topological polar surface area (TPSA) is 63.6 Å². The zero-order valence-corrected chi connectivity index (χ0v) is 13.0. The molecule has 0 unspecified atom stereocenters. The molecule has 0 radical (unpaired) electrons. The summed E-state index contributed by atoms with van der Waals surface area (Å²) in [7, 11) is 0. The number of Topliss-reactive ketones (excluding diaryl/α,β-unsaturated/α-hetero) is 1. The molecular formula is C17H24O4. The second kappa shape index (κ2) is 7.93. The standard InChI is InChI=1S/C17H24O4/c1-17(2,3)21-16(20)12-15(19)11-14(18)10-9-13-7-5-4-6-8-13/h4-8,14,18H,9-12H2,1-3H3/t14-/m1/s1. The zero-order valence-electron chi connectivity index (χ0n) is 13.0. The zero-order chi connectivity index (χ0) is 15.9. The number of ketones is 1. The van der Waals surface area contributed by atoms with Gasteiger partial charge in [0.25, 0.3) is 0 Å². The van der Waals surface area contributed by atoms with Crippen molar-refractivity contribution in [2.24, 2.45) is 0 Å². The van der Waals surface area contributed by atoms with E-state index in [4.69, 9.17) is 4.74 Å². The summed E-state index contributed by atoms with van der Waals surface area (Å²) in [4.78, 5) is 23.2. The Balaban J connectivity index is 2.29. The van der Waals surface area contributed by atoms with Crippen molar-refractivity contribution in [3.63, 3.8) is 0 Å². The van der Waals surface area contributed by atoms with Gasteiger partial charge in [0, 0.05) is 6.42 Å². The highest BCUT2D eigenvalue weighted by atomic mass is 16.6. The largest absolute Gasteiger partial charge is 0.460 e. The minimum absolute atomic E-state index is 0.00786. The highest BCUT2D eigenvalue weighted by Gasteiger charge is 2.20. The molecule has 1 aromatic carbocycles. The quantitative estimate of drug-likeness (QED) is 0.620. The molecule has 0 bridgehead atoms. The number of hydrogen-bond donors (Lipinski definition) is 1. The monoisotopic (exact) mass is 292 g/mol. The summed E-state index contributed by atoms with van der Waals surface area (Å²) in [6.07, 6.45) is 0.206. The van der Waals surface area contributed by atoms with Crippen LogP contribution in [0.2, 0.25) is 0 Å². The first-order chi connectivity index (χ1) is 9.76. The van der Waals surface area contributed by atoms with Crippen LogP contribution in [0, 0.1) is 0 Å². The molecule has 1 N–H and O–H groups in total. The fraction of sp³-hybridized carbons (Fsp3) is 0.529. The number of rotatable bonds is 7. The van der Waals surface area contributed by atoms with Crippen LogP contribution in [0.1, 0.15) is 45.6 Å². The van der Waals surface area contributed by atoms with Crippen LogP contribution in [-0.2, 0) is 20.7 Å². The molecule has 4 nitrogen and oxygen atoms in total. The van der Waals surface area contributed by atoms with Gasteiger partial charge in [0.2, 0.25) is 0 Å². The van der Waals surface area contributed by atoms with Crippen LogP contribution in [-0.4, -0.2) is 28.6 Å². The lowest BCUT2D eigenvalue weighted by molar-refractivity contribution is -0.156. The Bertz CT molecular complexity index is 459. The van der Waals surface area contributed by atoms with E-state index in [2.05, 4.69) is 0 Å². The minimum atomic E-state index is -0.722. The Labute approximate surface area is 126 Å². The molecule has 0 aromatic heterocycles. The first-order valence-corrected chi connectivity index (χ1v) is 7.22. The first-order valence-electron chi connectivity index (χ1n) is 7.22. The molecule has 1 atom stereocenters. The third-order valence-electron chi connectivity index (χ3n) is 2.83. The van der Waals surface area contributed by atoms with E-state index in [1.165, 1.54) is 0 Å². The lowest BCUT2D eigenvalue weighted by Crippen LogP contribution is -2.26. The highest BCUT2D eigenvalue weighted by molar-refractivity contribution is 5.95. The molecule has 0 spiro atoms. The van der Waals surface area contributed by atoms with Crippen molar-refractivity contribution in [3.8, 4) is 0 Å². The van der Waals surface area contributed by atoms with Crippen LogP contribution >= 0.6 is 0 Å². The number of ether oxygens (including phenoxy) is 1. The average molecular weight is 292 g/mol. The Kier molecular flexibility index (Phi) is 6.56. The molecular weight excluding hydrogens is 268 g/mol. The van der Waals surface area contributed by atoms with Crippen LogP contribution in [0.3, 0.4) is 0 Å². The molecule has 1 aromatic rings. The summed E-state index contributed by atoms with van der Waals surface area (Å²) in [6, 6.07) is 9.78. The molecule has 0 aliphatic heterocycles. The molecule has 116 valence electrons. The average Bonchev–Trinajstić information content (AvgIpc) is 2.35. The van der Waals surface area contributed by atoms with Gasteiger partial charge in [-0.3, -0.25) is 9.59 Å². The van der Waals surface area contributed by atoms with Gasteiger partial charge in [0.1, 0.15) is 17.8 Å². The first kappa shape index (κ1) is 17.4. The molecule has 0 fully saturated rings. The maximum Gasteiger partial charge on any atom is 0.313 e. The van der Waals surface area contributed by atoms with Crippen LogP contribution < -0.4 is 0 Å². The summed E-state index contributed by atoms with van der Waals surface area (Å²) >= 11 is 0. The lowest BCUT2D eigenvalue weighted by Gasteiger charge is -2.19. The number of esters is 1. The van der Waals surface area contributed by atoms with Gasteiger partial charge in [-0.15, -0.1) is 0 Å². The number of benzene rings is 1. The summed E-state index contributed by atoms with van der Waals surface area (Å²) in [5, 5.41) is 9.85. The summed E-state index contributed by atoms with van der Waals surface area (Å²) < 4.78 is 5.08. The molecule has 1 rings (SSSR count). The van der Waals surface area contributed by atoms with E-state index in [0.717, 1.165) is 5.56 Å². The Morgan fingerprint density at radius 2 is 1.81 bits per heavy atom. The maximum atomic E-state index is 11.7. The van der Waals surface area contributed by atoms with Crippen molar-refractivity contribution in [1.29, 1.82) is 0 Å². The van der Waals surface area contributed by atoms with Crippen molar-refractivity contribution in [3.05, 3.63) is 35.9 Å². The van der Waals surface area contributed by atoms with Gasteiger partial charge in [-0.1, -0.05) is 30.3 Å². The van der Waals surface area contributed by atoms with E-state index in [-0.39, 0.29) is 18.6 Å². The van der Waals surface area contributed by atoms with Gasteiger partial charge >= 0.3 is 5.97 Å². The van der Waals surface area contributed by atoms with Crippen molar-refractivity contribution >= 4 is 11.8 Å². The Morgan fingerprint density at radius 1 is 1.19 bits per heavy atom. The van der Waals surface area contributed by atoms with E-state index < -0.39 is 17.7 Å². The summed E-state index contributed by atoms with van der Waals surface area (Å²) in [5.74, 6) is -0.826. The Hall–Kier alpha value is -1.68. The SMILES string of the molecule is CC(C)(C)OC(=O)CC(=O)C[C@H](O)CCc1ccccc1. The minimum Gasteiger partial charge on any atom is -0.460 e. The van der Waals surface area contributed by atoms with E-state index in [1.54, 1.807) is 20.8 Å². The second-order valence-corrected chi connectivity index (χ2v) is 6.18. The van der Waals surface area contributed by atoms with Crippen LogP contribution in [0.15, 0.2) is 30.3 Å². The van der Waals surface area contributed by atoms with Crippen molar-refractivity contribution in [2.45, 2.75) is 58.2 Å². The van der Waals surface area contributed by atoms with Crippen LogP contribution in [0.4, 0.5) is 0 Å². The molecule has 4 heteroatoms. The number of aliphatic hydroxyl groups is 1. The molecule has 0 aliphatic rings. The number of hydrogen-bond acceptors (Lipinski definition) is 4. The number of carbonyl (C=O) groups is 2. The molecule has 0 saturated heterocycles. The Morgan fingerprint density at radius 3 is 2.38 bits per heavy atom. The van der Waals surface area contributed by atoms with Gasteiger partial charge in [-0.25, -0.2) is 0 Å². The van der Waals surface area contributed by atoms with Gasteiger partial charge in [-0.2, -0.15) is 0 Å². The fourth-order valence-electron chi connectivity index (χ4n) is 1.95. The summed E-state index contributed by atoms with van der Waals surface area (Å²) in [6.45, 7) is 5.26. The van der Waals surface area contributed by atoms with Gasteiger partial charge < -0.3 is 9.84 Å². The van der Waals surface area contributed by atoms with Crippen LogP contribution in [0.25, 0.3) is 0 Å². The number of aliphatic hydroxyl groups excluding tert-OH is 1. The van der Waals surface area contributed by atoms with Crippen LogP contribution in [0.5, 0.6) is 0 Å². The molecule has 0 amide bonds. The van der Waals surface area contributed by atoms with Gasteiger partial charge in [0.05, 0.1) is 6.10 Å². The molecule has 21 heavy (non-hydrogen) atoms. The lowest BCUT2D eigenvalue weighted by atomic mass is 10.0. The van der Waals surface area contributed by atoms with E-state index in [9.17, 15) is 14.7 Å². The van der Waals surface area contributed by atoms with Gasteiger partial charge in [-0.05, 0) is 39.2 Å². The molecule has 0 aliphatic carbocycles. The van der Waals surface area contributed by atoms with E-state index in [1.807, 2.05) is 30.3 Å². The third kappa shape index (κ3) is 8.25. The van der Waals surface area contributed by atoms with E-state index in [0.29, 0.717) is 12.8 Å². The van der Waals surface area contributed by atoms with Crippen molar-refractivity contribution in [1.82, 2.24) is 0 Å². The van der Waals surface area contributed by atoms with Gasteiger partial charge in [0.15, 0.2) is 0 Å². The predicted molar refractivity (Wildman–Crippen MR) is 80.9 cm³/mol. The fourth-order valence-corrected chi connectivity index (χ4v) is 1.95. The molecule has 0 saturated carbocycles. The summed E-state index contributed by atoms with van der Waals surface area (Å²) in [5.41, 5.74) is 0.527. The molecule has 0 heterocycles. The van der Waals surface area contributed by atoms with Crippen molar-refractivity contribution < 1.29 is 19.4 Å².